The molecule has 0 aliphatic carbocycles. The molecule has 0 N–H and O–H groups in total. The maximum atomic E-state index is 6.11. The molecule has 2 aromatic carbocycles. The molecule has 5 heteroatoms. The number of benzene rings is 2. The van der Waals surface area contributed by atoms with E-state index in [9.17, 15) is 0 Å². The number of rotatable bonds is 6. The molecule has 0 bridgehead atoms. The highest BCUT2D eigenvalue weighted by molar-refractivity contribution is 5.41. The predicted molar refractivity (Wildman–Crippen MR) is 114 cm³/mol. The van der Waals surface area contributed by atoms with Gasteiger partial charge in [0, 0.05) is 50.6 Å². The Morgan fingerprint density at radius 1 is 1.14 bits per heavy atom. The summed E-state index contributed by atoms with van der Waals surface area (Å²) in [5, 5.41) is 4.48. The van der Waals surface area contributed by atoms with Crippen LogP contribution in [0.3, 0.4) is 0 Å². The SMILES string of the molecule is CCOC(c1ccccc1)c1ccc2c(c1)CN(Cc1cn(C)nc1C)CCO2. The fourth-order valence-electron chi connectivity index (χ4n) is 3.99. The summed E-state index contributed by atoms with van der Waals surface area (Å²) in [5.41, 5.74) is 5.91. The van der Waals surface area contributed by atoms with Crippen molar-refractivity contribution >= 4 is 0 Å². The van der Waals surface area contributed by atoms with E-state index in [-0.39, 0.29) is 6.10 Å². The van der Waals surface area contributed by atoms with Gasteiger partial charge >= 0.3 is 0 Å². The first-order chi connectivity index (χ1) is 14.1. The molecule has 29 heavy (non-hydrogen) atoms. The molecule has 0 spiro atoms. The Morgan fingerprint density at radius 3 is 2.69 bits per heavy atom. The van der Waals surface area contributed by atoms with Gasteiger partial charge in [-0.2, -0.15) is 5.10 Å². The summed E-state index contributed by atoms with van der Waals surface area (Å²) in [6.07, 6.45) is 2.04. The zero-order valence-electron chi connectivity index (χ0n) is 17.5. The Hall–Kier alpha value is -2.63. The van der Waals surface area contributed by atoms with Crippen LogP contribution in [0.15, 0.2) is 54.7 Å². The van der Waals surface area contributed by atoms with Crippen LogP contribution < -0.4 is 4.74 Å². The molecule has 1 aliphatic rings. The van der Waals surface area contributed by atoms with Crippen LogP contribution in [-0.4, -0.2) is 34.4 Å². The minimum Gasteiger partial charge on any atom is -0.492 e. The van der Waals surface area contributed by atoms with Gasteiger partial charge in [-0.15, -0.1) is 0 Å². The lowest BCUT2D eigenvalue weighted by atomic mass is 9.98. The fourth-order valence-corrected chi connectivity index (χ4v) is 3.99. The fraction of sp³-hybridized carbons (Fsp3) is 0.375. The summed E-state index contributed by atoms with van der Waals surface area (Å²) >= 11 is 0. The molecule has 5 nitrogen and oxygen atoms in total. The number of hydrogen-bond acceptors (Lipinski definition) is 4. The number of aromatic nitrogens is 2. The highest BCUT2D eigenvalue weighted by atomic mass is 16.5. The number of hydrogen-bond donors (Lipinski definition) is 0. The Labute approximate surface area is 172 Å². The third-order valence-electron chi connectivity index (χ3n) is 5.39. The molecular formula is C24H29N3O2. The quantitative estimate of drug-likeness (QED) is 0.630. The van der Waals surface area contributed by atoms with E-state index in [0.29, 0.717) is 13.2 Å². The van der Waals surface area contributed by atoms with E-state index in [0.717, 1.165) is 31.1 Å². The predicted octanol–water partition coefficient (Wildman–Crippen LogP) is 4.25. The molecule has 0 saturated heterocycles. The van der Waals surface area contributed by atoms with Crippen LogP contribution in [0.1, 0.15) is 41.0 Å². The van der Waals surface area contributed by atoms with Gasteiger partial charge in [-0.3, -0.25) is 9.58 Å². The molecule has 0 radical (unpaired) electrons. The van der Waals surface area contributed by atoms with Gasteiger partial charge < -0.3 is 9.47 Å². The van der Waals surface area contributed by atoms with E-state index in [4.69, 9.17) is 9.47 Å². The lowest BCUT2D eigenvalue weighted by Crippen LogP contribution is -2.25. The lowest BCUT2D eigenvalue weighted by molar-refractivity contribution is 0.0912. The Bertz CT molecular complexity index is 952. The first kappa shape index (κ1) is 19.7. The van der Waals surface area contributed by atoms with Gasteiger partial charge in [-0.05, 0) is 37.1 Å². The molecule has 0 fully saturated rings. The highest BCUT2D eigenvalue weighted by Crippen LogP contribution is 2.32. The Morgan fingerprint density at radius 2 is 1.97 bits per heavy atom. The molecule has 1 aliphatic heterocycles. The number of aryl methyl sites for hydroxylation is 2. The van der Waals surface area contributed by atoms with Crippen LogP contribution in [0.5, 0.6) is 5.75 Å². The molecule has 4 rings (SSSR count). The minimum absolute atomic E-state index is 0.0660. The molecule has 0 saturated carbocycles. The summed E-state index contributed by atoms with van der Waals surface area (Å²) in [7, 11) is 1.97. The Kier molecular flexibility index (Phi) is 5.97. The third kappa shape index (κ3) is 4.52. The van der Waals surface area contributed by atoms with Gasteiger partial charge in [0.2, 0.25) is 0 Å². The maximum absolute atomic E-state index is 6.11. The van der Waals surface area contributed by atoms with Crippen LogP contribution >= 0.6 is 0 Å². The van der Waals surface area contributed by atoms with Crippen molar-refractivity contribution in [1.29, 1.82) is 0 Å². The molecule has 2 heterocycles. The summed E-state index contributed by atoms with van der Waals surface area (Å²) in [5.74, 6) is 0.975. The van der Waals surface area contributed by atoms with Crippen molar-refractivity contribution < 1.29 is 9.47 Å². The zero-order chi connectivity index (χ0) is 20.2. The van der Waals surface area contributed by atoms with E-state index < -0.39 is 0 Å². The van der Waals surface area contributed by atoms with Gasteiger partial charge in [0.1, 0.15) is 18.5 Å². The van der Waals surface area contributed by atoms with Gasteiger partial charge in [0.05, 0.1) is 5.69 Å². The molecular weight excluding hydrogens is 362 g/mol. The third-order valence-corrected chi connectivity index (χ3v) is 5.39. The Balaban J connectivity index is 1.60. The summed E-state index contributed by atoms with van der Waals surface area (Å²) < 4.78 is 14.0. The van der Waals surface area contributed by atoms with Crippen molar-refractivity contribution in [3.05, 3.63) is 82.7 Å². The average molecular weight is 392 g/mol. The van der Waals surface area contributed by atoms with E-state index >= 15 is 0 Å². The lowest BCUT2D eigenvalue weighted by Gasteiger charge is -2.21. The van der Waals surface area contributed by atoms with Crippen molar-refractivity contribution in [2.75, 3.05) is 19.8 Å². The molecule has 0 amide bonds. The summed E-state index contributed by atoms with van der Waals surface area (Å²) in [6.45, 7) is 8.10. The van der Waals surface area contributed by atoms with Gasteiger partial charge in [0.25, 0.3) is 0 Å². The molecule has 3 aromatic rings. The maximum Gasteiger partial charge on any atom is 0.123 e. The van der Waals surface area contributed by atoms with Crippen molar-refractivity contribution in [1.82, 2.24) is 14.7 Å². The van der Waals surface area contributed by atoms with E-state index in [1.54, 1.807) is 0 Å². The van der Waals surface area contributed by atoms with Crippen LogP contribution in [0.4, 0.5) is 0 Å². The second kappa shape index (κ2) is 8.80. The van der Waals surface area contributed by atoms with Crippen LogP contribution in [0.2, 0.25) is 0 Å². The largest absolute Gasteiger partial charge is 0.492 e. The van der Waals surface area contributed by atoms with E-state index in [1.165, 1.54) is 22.3 Å². The molecule has 1 aromatic heterocycles. The summed E-state index contributed by atoms with van der Waals surface area (Å²) in [6, 6.07) is 16.9. The van der Waals surface area contributed by atoms with Gasteiger partial charge in [-0.1, -0.05) is 36.4 Å². The van der Waals surface area contributed by atoms with E-state index in [2.05, 4.69) is 65.6 Å². The normalized spacial score (nSPS) is 15.4. The monoisotopic (exact) mass is 391 g/mol. The summed E-state index contributed by atoms with van der Waals surface area (Å²) in [4.78, 5) is 2.43. The average Bonchev–Trinajstić information content (AvgIpc) is 2.92. The topological polar surface area (TPSA) is 39.5 Å². The standard InChI is InChI=1S/C24H29N3O2/c1-4-28-24(19-8-6-5-7-9-19)20-10-11-23-21(14-20)16-27(12-13-29-23)17-22-15-26(3)25-18(22)2/h5-11,14-15,24H,4,12-13,16-17H2,1-3H3. The van der Waals surface area contributed by atoms with Crippen molar-refractivity contribution in [3.8, 4) is 5.75 Å². The second-order valence-corrected chi connectivity index (χ2v) is 7.59. The first-order valence-corrected chi connectivity index (χ1v) is 10.3. The van der Waals surface area contributed by atoms with Crippen molar-refractivity contribution in [2.45, 2.75) is 33.0 Å². The molecule has 152 valence electrons. The molecule has 1 unspecified atom stereocenters. The van der Waals surface area contributed by atoms with Crippen LogP contribution in [0.25, 0.3) is 0 Å². The minimum atomic E-state index is -0.0660. The van der Waals surface area contributed by atoms with Crippen molar-refractivity contribution in [2.24, 2.45) is 7.05 Å². The highest BCUT2D eigenvalue weighted by Gasteiger charge is 2.20. The van der Waals surface area contributed by atoms with Crippen LogP contribution in [0, 0.1) is 6.92 Å². The number of ether oxygens (including phenoxy) is 2. The number of fused-ring (bicyclic) bond motifs is 1. The zero-order valence-corrected chi connectivity index (χ0v) is 17.5. The molecule has 1 atom stereocenters. The smallest absolute Gasteiger partial charge is 0.123 e. The van der Waals surface area contributed by atoms with E-state index in [1.807, 2.05) is 24.7 Å². The first-order valence-electron chi connectivity index (χ1n) is 10.3. The van der Waals surface area contributed by atoms with Crippen LogP contribution in [-0.2, 0) is 24.9 Å². The second-order valence-electron chi connectivity index (χ2n) is 7.59. The van der Waals surface area contributed by atoms with Crippen molar-refractivity contribution in [3.63, 3.8) is 0 Å². The van der Waals surface area contributed by atoms with Gasteiger partial charge in [0.15, 0.2) is 0 Å². The number of nitrogens with zero attached hydrogens (tertiary/aromatic N) is 3. The van der Waals surface area contributed by atoms with Gasteiger partial charge in [-0.25, -0.2) is 0 Å².